The average molecular weight is 388 g/mol. The second kappa shape index (κ2) is 10.3. The first-order valence-corrected chi connectivity index (χ1v) is 8.97. The van der Waals surface area contributed by atoms with Gasteiger partial charge in [-0.3, -0.25) is 9.59 Å². The molecule has 0 aliphatic heterocycles. The molecule has 0 saturated carbocycles. The maximum Gasteiger partial charge on any atom is 0.329 e. The van der Waals surface area contributed by atoms with E-state index >= 15 is 0 Å². The summed E-state index contributed by atoms with van der Waals surface area (Å²) in [6.07, 6.45) is 2.19. The number of halogens is 1. The lowest BCUT2D eigenvalue weighted by Crippen LogP contribution is -2.41. The van der Waals surface area contributed by atoms with Crippen molar-refractivity contribution in [3.63, 3.8) is 0 Å². The van der Waals surface area contributed by atoms with Gasteiger partial charge in [0, 0.05) is 11.1 Å². The average Bonchev–Trinajstić information content (AvgIpc) is 2.66. The number of hydrazone groups is 1. The number of ether oxygens (including phenoxy) is 1. The Kier molecular flexibility index (Phi) is 7.82. The van der Waals surface area contributed by atoms with Crippen LogP contribution < -0.4 is 15.5 Å². The van der Waals surface area contributed by atoms with Gasteiger partial charge in [0.15, 0.2) is 0 Å². The zero-order chi connectivity index (χ0) is 19.6. The highest BCUT2D eigenvalue weighted by molar-refractivity contribution is 6.35. The summed E-state index contributed by atoms with van der Waals surface area (Å²) in [5.74, 6) is -0.861. The normalized spacial score (nSPS) is 11.8. The largest absolute Gasteiger partial charge is 0.489 e. The maximum atomic E-state index is 11.7. The van der Waals surface area contributed by atoms with Crippen LogP contribution in [0.15, 0.2) is 53.6 Å². The number of carbonyl (C=O) groups excluding carboxylic acids is 2. The van der Waals surface area contributed by atoms with Gasteiger partial charge in [0.05, 0.1) is 6.21 Å². The van der Waals surface area contributed by atoms with E-state index in [4.69, 9.17) is 16.3 Å². The van der Waals surface area contributed by atoms with E-state index in [0.29, 0.717) is 17.4 Å². The van der Waals surface area contributed by atoms with Gasteiger partial charge >= 0.3 is 11.8 Å². The molecule has 2 aromatic rings. The Balaban J connectivity index is 1.88. The van der Waals surface area contributed by atoms with Crippen LogP contribution >= 0.6 is 11.6 Å². The molecule has 0 heterocycles. The number of rotatable bonds is 7. The van der Waals surface area contributed by atoms with Gasteiger partial charge in [-0.05, 0) is 48.7 Å². The summed E-state index contributed by atoms with van der Waals surface area (Å²) in [5, 5.41) is 7.03. The van der Waals surface area contributed by atoms with Gasteiger partial charge in [-0.25, -0.2) is 5.43 Å². The number of amides is 2. The molecule has 1 atom stereocenters. The van der Waals surface area contributed by atoms with E-state index in [9.17, 15) is 9.59 Å². The molecule has 0 spiro atoms. The van der Waals surface area contributed by atoms with Gasteiger partial charge in [-0.1, -0.05) is 42.8 Å². The third-order valence-electron chi connectivity index (χ3n) is 3.73. The fraction of sp³-hybridized carbons (Fsp3) is 0.250. The molecule has 0 aliphatic carbocycles. The van der Waals surface area contributed by atoms with Crippen molar-refractivity contribution in [2.45, 2.75) is 32.9 Å². The van der Waals surface area contributed by atoms with Crippen LogP contribution in [-0.4, -0.2) is 24.1 Å². The molecule has 2 amide bonds. The first kappa shape index (κ1) is 20.5. The molecule has 0 saturated heterocycles. The minimum absolute atomic E-state index is 0.0689. The summed E-state index contributed by atoms with van der Waals surface area (Å²) >= 11 is 5.96. The lowest BCUT2D eigenvalue weighted by Gasteiger charge is -2.09. The standard InChI is InChI=1S/C20H22ClN3O3/c1-3-14(2)23-19(25)20(26)24-22-12-15-6-5-9-18(11-15)27-13-16-7-4-8-17(21)10-16/h4-12,14H,3,13H2,1-2H3,(H,23,25)(H,24,26)/b22-12-/t14-/m1/s1. The molecule has 0 radical (unpaired) electrons. The molecular formula is C20H22ClN3O3. The van der Waals surface area contributed by atoms with E-state index in [-0.39, 0.29) is 6.04 Å². The summed E-state index contributed by atoms with van der Waals surface area (Å²) in [5.41, 5.74) is 3.89. The second-order valence-corrected chi connectivity index (χ2v) is 6.41. The first-order valence-electron chi connectivity index (χ1n) is 8.59. The minimum Gasteiger partial charge on any atom is -0.489 e. The Hall–Kier alpha value is -2.86. The topological polar surface area (TPSA) is 79.8 Å². The van der Waals surface area contributed by atoms with E-state index in [2.05, 4.69) is 15.8 Å². The van der Waals surface area contributed by atoms with Crippen LogP contribution in [0.25, 0.3) is 0 Å². The predicted octanol–water partition coefficient (Wildman–Crippen LogP) is 3.28. The third-order valence-corrected chi connectivity index (χ3v) is 3.96. The van der Waals surface area contributed by atoms with Crippen molar-refractivity contribution in [1.82, 2.24) is 10.7 Å². The van der Waals surface area contributed by atoms with Crippen molar-refractivity contribution in [1.29, 1.82) is 0 Å². The summed E-state index contributed by atoms with van der Waals surface area (Å²) in [7, 11) is 0. The molecule has 27 heavy (non-hydrogen) atoms. The third kappa shape index (κ3) is 7.11. The minimum atomic E-state index is -0.806. The Morgan fingerprint density at radius 2 is 1.96 bits per heavy atom. The van der Waals surface area contributed by atoms with Crippen molar-refractivity contribution in [3.8, 4) is 5.75 Å². The second-order valence-electron chi connectivity index (χ2n) is 5.97. The zero-order valence-corrected chi connectivity index (χ0v) is 16.0. The fourth-order valence-corrected chi connectivity index (χ4v) is 2.30. The Bertz CT molecular complexity index is 824. The van der Waals surface area contributed by atoms with Crippen LogP contribution in [-0.2, 0) is 16.2 Å². The zero-order valence-electron chi connectivity index (χ0n) is 15.2. The molecule has 0 bridgehead atoms. The number of nitrogens with one attached hydrogen (secondary N) is 2. The van der Waals surface area contributed by atoms with E-state index in [0.717, 1.165) is 17.5 Å². The molecule has 142 valence electrons. The van der Waals surface area contributed by atoms with Gasteiger partial charge in [0.25, 0.3) is 0 Å². The molecule has 2 rings (SSSR count). The Morgan fingerprint density at radius 3 is 2.70 bits per heavy atom. The quantitative estimate of drug-likeness (QED) is 0.434. The predicted molar refractivity (Wildman–Crippen MR) is 106 cm³/mol. The van der Waals surface area contributed by atoms with Gasteiger partial charge in [0.2, 0.25) is 0 Å². The van der Waals surface area contributed by atoms with Crippen LogP contribution in [0.1, 0.15) is 31.4 Å². The first-order chi connectivity index (χ1) is 13.0. The van der Waals surface area contributed by atoms with Crippen molar-refractivity contribution < 1.29 is 14.3 Å². The van der Waals surface area contributed by atoms with Crippen molar-refractivity contribution in [2.75, 3.05) is 0 Å². The summed E-state index contributed by atoms with van der Waals surface area (Å²) in [6.45, 7) is 4.12. The highest BCUT2D eigenvalue weighted by Gasteiger charge is 2.14. The van der Waals surface area contributed by atoms with E-state index in [1.54, 1.807) is 18.2 Å². The monoisotopic (exact) mass is 387 g/mol. The number of nitrogens with zero attached hydrogens (tertiary/aromatic N) is 1. The molecule has 6 nitrogen and oxygen atoms in total. The highest BCUT2D eigenvalue weighted by Crippen LogP contribution is 2.16. The lowest BCUT2D eigenvalue weighted by atomic mass is 10.2. The number of hydrogen-bond acceptors (Lipinski definition) is 4. The smallest absolute Gasteiger partial charge is 0.329 e. The molecule has 0 unspecified atom stereocenters. The van der Waals surface area contributed by atoms with Crippen LogP contribution in [0.2, 0.25) is 5.02 Å². The van der Waals surface area contributed by atoms with Crippen LogP contribution in [0.5, 0.6) is 5.75 Å². The molecular weight excluding hydrogens is 366 g/mol. The van der Waals surface area contributed by atoms with Crippen LogP contribution in [0.3, 0.4) is 0 Å². The molecule has 0 fully saturated rings. The Labute approximate surface area is 163 Å². The molecule has 0 aromatic heterocycles. The van der Waals surface area contributed by atoms with Crippen molar-refractivity contribution in [2.24, 2.45) is 5.10 Å². The van der Waals surface area contributed by atoms with Crippen LogP contribution in [0.4, 0.5) is 0 Å². The van der Waals surface area contributed by atoms with E-state index in [1.807, 2.05) is 44.2 Å². The van der Waals surface area contributed by atoms with Crippen LogP contribution in [0, 0.1) is 0 Å². The molecule has 2 aromatic carbocycles. The number of benzene rings is 2. The number of carbonyl (C=O) groups is 2. The SMILES string of the molecule is CC[C@@H](C)NC(=O)C(=O)N/N=C\c1cccc(OCc2cccc(Cl)c2)c1. The van der Waals surface area contributed by atoms with Gasteiger partial charge in [-0.15, -0.1) is 0 Å². The highest BCUT2D eigenvalue weighted by atomic mass is 35.5. The van der Waals surface area contributed by atoms with Gasteiger partial charge < -0.3 is 10.1 Å². The van der Waals surface area contributed by atoms with E-state index < -0.39 is 11.8 Å². The summed E-state index contributed by atoms with van der Waals surface area (Å²) in [4.78, 5) is 23.3. The Morgan fingerprint density at radius 1 is 1.19 bits per heavy atom. The summed E-state index contributed by atoms with van der Waals surface area (Å²) in [6, 6.07) is 14.6. The number of hydrogen-bond donors (Lipinski definition) is 2. The lowest BCUT2D eigenvalue weighted by molar-refractivity contribution is -0.139. The van der Waals surface area contributed by atoms with E-state index in [1.165, 1.54) is 6.21 Å². The molecule has 7 heteroatoms. The molecule has 0 aliphatic rings. The van der Waals surface area contributed by atoms with Gasteiger partial charge in [-0.2, -0.15) is 5.10 Å². The fourth-order valence-electron chi connectivity index (χ4n) is 2.09. The van der Waals surface area contributed by atoms with Gasteiger partial charge in [0.1, 0.15) is 12.4 Å². The molecule has 2 N–H and O–H groups in total. The van der Waals surface area contributed by atoms with Crippen molar-refractivity contribution >= 4 is 29.6 Å². The maximum absolute atomic E-state index is 11.7. The van der Waals surface area contributed by atoms with Crippen molar-refractivity contribution in [3.05, 3.63) is 64.7 Å². The summed E-state index contributed by atoms with van der Waals surface area (Å²) < 4.78 is 5.74.